The molecule has 3 amide bonds. The number of rotatable bonds is 16. The summed E-state index contributed by atoms with van der Waals surface area (Å²) in [5.74, 6) is -1.71. The minimum absolute atomic E-state index is 0.271. The molecule has 1 saturated heterocycles. The fourth-order valence-electron chi connectivity index (χ4n) is 4.51. The molecule has 2 atom stereocenters. The predicted molar refractivity (Wildman–Crippen MR) is 164 cm³/mol. The normalized spacial score (nSPS) is 15.3. The van der Waals surface area contributed by atoms with Gasteiger partial charge in [0.05, 0.1) is 37.6 Å². The van der Waals surface area contributed by atoms with Crippen molar-refractivity contribution in [3.05, 3.63) is 60.2 Å². The highest BCUT2D eigenvalue weighted by molar-refractivity contribution is 7.92. The van der Waals surface area contributed by atoms with Gasteiger partial charge in [-0.05, 0) is 49.2 Å². The van der Waals surface area contributed by atoms with Crippen molar-refractivity contribution in [2.75, 3.05) is 56.2 Å². The first-order valence-electron chi connectivity index (χ1n) is 14.0. The number of anilines is 1. The fourth-order valence-corrected chi connectivity index (χ4v) is 7.43. The molecule has 0 bridgehead atoms. The van der Waals surface area contributed by atoms with Crippen molar-refractivity contribution in [3.8, 4) is 5.75 Å². The minimum Gasteiger partial charge on any atom is -0.497 e. The number of urea groups is 1. The number of sulfonamides is 1. The van der Waals surface area contributed by atoms with Crippen LogP contribution < -0.4 is 25.8 Å². The molecule has 3 rings (SSSR count). The van der Waals surface area contributed by atoms with Gasteiger partial charge in [0.2, 0.25) is 15.9 Å². The molecule has 0 aromatic heterocycles. The number of carbonyl (C=O) groups excluding carboxylic acids is 2. The third kappa shape index (κ3) is 12.0. The Morgan fingerprint density at radius 1 is 0.953 bits per heavy atom. The molecule has 2 aromatic rings. The van der Waals surface area contributed by atoms with Crippen LogP contribution in [0.4, 0.5) is 10.5 Å². The lowest BCUT2D eigenvalue weighted by molar-refractivity contribution is -0.123. The van der Waals surface area contributed by atoms with Crippen LogP contribution in [0.25, 0.3) is 0 Å². The van der Waals surface area contributed by atoms with Crippen LogP contribution in [0.15, 0.2) is 54.6 Å². The molecule has 0 radical (unpaired) electrons. The summed E-state index contributed by atoms with van der Waals surface area (Å²) in [6.45, 7) is 1.59. The molecule has 0 saturated carbocycles. The van der Waals surface area contributed by atoms with Crippen LogP contribution in [0.5, 0.6) is 5.75 Å². The van der Waals surface area contributed by atoms with E-state index in [1.54, 1.807) is 54.6 Å². The molecule has 2 aromatic carbocycles. The van der Waals surface area contributed by atoms with Gasteiger partial charge in [-0.1, -0.05) is 36.8 Å². The van der Waals surface area contributed by atoms with Gasteiger partial charge in [-0.3, -0.25) is 9.52 Å². The van der Waals surface area contributed by atoms with Gasteiger partial charge in [0.1, 0.15) is 11.8 Å². The number of amides is 3. The standard InChI is InChI=1S/C28H41N5O8S2/c1-40-25-12-10-23(11-13-25)32-43(38,39)20-24(9-5-6-14-29)30-27(34)26(31-28(35)33-15-17-41-18-16-33)21-42(36,37)19-22-7-3-2-4-8-22/h2-4,7-8,10-13,24,26,32H,5-6,9,14-21,29H2,1H3,(H,30,34)(H,31,35)/t24-,26-/m0/s1. The lowest BCUT2D eigenvalue weighted by Gasteiger charge is -2.29. The number of benzene rings is 2. The van der Waals surface area contributed by atoms with E-state index in [9.17, 15) is 26.4 Å². The van der Waals surface area contributed by atoms with Gasteiger partial charge in [0.25, 0.3) is 0 Å². The molecule has 15 heteroatoms. The maximum atomic E-state index is 13.6. The quantitative estimate of drug-likeness (QED) is 0.195. The molecule has 0 spiro atoms. The number of hydrogen-bond donors (Lipinski definition) is 4. The van der Waals surface area contributed by atoms with E-state index in [-0.39, 0.29) is 25.3 Å². The van der Waals surface area contributed by atoms with Crippen LogP contribution >= 0.6 is 0 Å². The summed E-state index contributed by atoms with van der Waals surface area (Å²) >= 11 is 0. The number of methoxy groups -OCH3 is 1. The zero-order valence-corrected chi connectivity index (χ0v) is 25.9. The van der Waals surface area contributed by atoms with Crippen LogP contribution in [0, 0.1) is 0 Å². The lowest BCUT2D eigenvalue weighted by Crippen LogP contribution is -2.57. The van der Waals surface area contributed by atoms with E-state index in [0.29, 0.717) is 49.6 Å². The van der Waals surface area contributed by atoms with Crippen molar-refractivity contribution >= 4 is 37.5 Å². The van der Waals surface area contributed by atoms with Crippen molar-refractivity contribution < 1.29 is 35.9 Å². The average molecular weight is 640 g/mol. The Morgan fingerprint density at radius 2 is 1.63 bits per heavy atom. The van der Waals surface area contributed by atoms with Gasteiger partial charge in [0, 0.05) is 24.8 Å². The molecule has 43 heavy (non-hydrogen) atoms. The number of ether oxygens (including phenoxy) is 2. The number of nitrogens with zero attached hydrogens (tertiary/aromatic N) is 1. The van der Waals surface area contributed by atoms with Crippen molar-refractivity contribution in [1.82, 2.24) is 15.5 Å². The van der Waals surface area contributed by atoms with Gasteiger partial charge < -0.3 is 30.7 Å². The predicted octanol–water partition coefficient (Wildman–Crippen LogP) is 1.08. The average Bonchev–Trinajstić information content (AvgIpc) is 2.97. The number of sulfone groups is 1. The fraction of sp³-hybridized carbons (Fsp3) is 0.500. The topological polar surface area (TPSA) is 186 Å². The Kier molecular flexibility index (Phi) is 13.0. The molecule has 238 valence electrons. The second kappa shape index (κ2) is 16.4. The first-order valence-corrected chi connectivity index (χ1v) is 17.5. The van der Waals surface area contributed by atoms with Crippen LogP contribution in [0.2, 0.25) is 0 Å². The Morgan fingerprint density at radius 3 is 2.26 bits per heavy atom. The summed E-state index contributed by atoms with van der Waals surface area (Å²) in [5.41, 5.74) is 6.47. The Bertz CT molecular complexity index is 1380. The molecule has 1 heterocycles. The summed E-state index contributed by atoms with van der Waals surface area (Å²) < 4.78 is 65.3. The molecular formula is C28H41N5O8S2. The number of nitrogens with one attached hydrogen (secondary N) is 3. The second-order valence-corrected chi connectivity index (χ2v) is 14.1. The van der Waals surface area contributed by atoms with E-state index in [4.69, 9.17) is 15.2 Å². The molecule has 0 unspecified atom stereocenters. The first-order chi connectivity index (χ1) is 20.5. The molecule has 1 aliphatic heterocycles. The highest BCUT2D eigenvalue weighted by Crippen LogP contribution is 2.17. The van der Waals surface area contributed by atoms with E-state index >= 15 is 0 Å². The molecule has 1 fully saturated rings. The number of morpholine rings is 1. The van der Waals surface area contributed by atoms with Gasteiger partial charge >= 0.3 is 6.03 Å². The van der Waals surface area contributed by atoms with Gasteiger partial charge in [-0.15, -0.1) is 0 Å². The van der Waals surface area contributed by atoms with E-state index < -0.39 is 55.4 Å². The molecule has 0 aliphatic carbocycles. The summed E-state index contributed by atoms with van der Waals surface area (Å²) in [7, 11) is -6.31. The monoisotopic (exact) mass is 639 g/mol. The highest BCUT2D eigenvalue weighted by atomic mass is 32.2. The Balaban J connectivity index is 1.77. The maximum Gasteiger partial charge on any atom is 0.318 e. The zero-order chi connectivity index (χ0) is 31.3. The van der Waals surface area contributed by atoms with Crippen molar-refractivity contribution in [3.63, 3.8) is 0 Å². The minimum atomic E-state index is -3.94. The largest absolute Gasteiger partial charge is 0.497 e. The number of hydrogen-bond acceptors (Lipinski definition) is 9. The lowest BCUT2D eigenvalue weighted by atomic mass is 10.1. The maximum absolute atomic E-state index is 13.6. The second-order valence-electron chi connectivity index (χ2n) is 10.2. The zero-order valence-electron chi connectivity index (χ0n) is 24.2. The van der Waals surface area contributed by atoms with Crippen molar-refractivity contribution in [2.45, 2.75) is 37.1 Å². The van der Waals surface area contributed by atoms with Crippen molar-refractivity contribution in [1.29, 1.82) is 0 Å². The van der Waals surface area contributed by atoms with Crippen LogP contribution in [-0.4, -0.2) is 97.2 Å². The van der Waals surface area contributed by atoms with E-state index in [0.717, 1.165) is 0 Å². The van der Waals surface area contributed by atoms with Crippen LogP contribution in [0.3, 0.4) is 0 Å². The smallest absolute Gasteiger partial charge is 0.318 e. The molecule has 5 N–H and O–H groups in total. The van der Waals surface area contributed by atoms with E-state index in [1.165, 1.54) is 12.0 Å². The van der Waals surface area contributed by atoms with Gasteiger partial charge in [0.15, 0.2) is 9.84 Å². The van der Waals surface area contributed by atoms with E-state index in [1.807, 2.05) is 0 Å². The molecule has 13 nitrogen and oxygen atoms in total. The number of carbonyl (C=O) groups is 2. The van der Waals surface area contributed by atoms with Crippen molar-refractivity contribution in [2.24, 2.45) is 5.73 Å². The highest BCUT2D eigenvalue weighted by Gasteiger charge is 2.32. The third-order valence-corrected chi connectivity index (χ3v) is 9.70. The molecule has 1 aliphatic rings. The van der Waals surface area contributed by atoms with Crippen LogP contribution in [-0.2, 0) is 35.1 Å². The third-order valence-electron chi connectivity index (χ3n) is 6.70. The first kappa shape index (κ1) is 34.1. The van der Waals surface area contributed by atoms with Gasteiger partial charge in [-0.2, -0.15) is 0 Å². The van der Waals surface area contributed by atoms with Gasteiger partial charge in [-0.25, -0.2) is 21.6 Å². The Labute approximate surface area is 253 Å². The summed E-state index contributed by atoms with van der Waals surface area (Å²) in [6.07, 6.45) is 1.39. The summed E-state index contributed by atoms with van der Waals surface area (Å²) in [5, 5.41) is 5.25. The van der Waals surface area contributed by atoms with Crippen LogP contribution in [0.1, 0.15) is 24.8 Å². The summed E-state index contributed by atoms with van der Waals surface area (Å²) in [4.78, 5) is 28.0. The molecular weight excluding hydrogens is 598 g/mol. The SMILES string of the molecule is COc1ccc(NS(=O)(=O)C[C@H](CCCCN)NC(=O)[C@H](CS(=O)(=O)Cc2ccccc2)NC(=O)N2CCOCC2)cc1. The summed E-state index contributed by atoms with van der Waals surface area (Å²) in [6, 6.07) is 11.9. The number of nitrogens with two attached hydrogens (primary N) is 1. The van der Waals surface area contributed by atoms with E-state index in [2.05, 4.69) is 15.4 Å². The number of unbranched alkanes of at least 4 members (excludes halogenated alkanes) is 1. The Hall–Kier alpha value is -3.40.